The molecule has 0 aromatic heterocycles. The normalized spacial score (nSPS) is 11.0. The molecule has 0 spiro atoms. The zero-order valence-corrected chi connectivity index (χ0v) is 9.95. The highest BCUT2D eigenvalue weighted by atomic mass is 79.9. The average Bonchev–Trinajstić information content (AvgIpc) is 2.14. The molecule has 0 amide bonds. The highest BCUT2D eigenvalue weighted by Crippen LogP contribution is 2.29. The second-order valence-electron chi connectivity index (χ2n) is 2.60. The molecule has 0 saturated heterocycles. The number of hydrogen-bond donors (Lipinski definition) is 1. The number of aliphatic hydroxyl groups is 1. The Morgan fingerprint density at radius 1 is 1.46 bits per heavy atom. The summed E-state index contributed by atoms with van der Waals surface area (Å²) >= 11 is 5.13. The summed E-state index contributed by atoms with van der Waals surface area (Å²) in [6.07, 6.45) is 4.82. The molecule has 70 valence electrons. The molecule has 0 unspecified atom stereocenters. The van der Waals surface area contributed by atoms with Gasteiger partial charge in [0, 0.05) is 9.37 Å². The van der Waals surface area contributed by atoms with Crippen molar-refractivity contribution in [2.24, 2.45) is 0 Å². The maximum Gasteiger partial charge on any atom is 0.0798 e. The van der Waals surface area contributed by atoms with E-state index in [1.165, 1.54) is 4.90 Å². The molecule has 1 aromatic carbocycles. The van der Waals surface area contributed by atoms with Crippen molar-refractivity contribution in [1.82, 2.24) is 0 Å². The van der Waals surface area contributed by atoms with Crippen molar-refractivity contribution in [3.8, 4) is 0 Å². The standard InChI is InChI=1S/C10H11BrOS/c1-7-8(5-6-12)10(13-2)4-3-9(7)11/h3-6,12H,1-2H3/b6-5+. The van der Waals surface area contributed by atoms with Gasteiger partial charge in [-0.05, 0) is 42.5 Å². The monoisotopic (exact) mass is 258 g/mol. The van der Waals surface area contributed by atoms with Gasteiger partial charge >= 0.3 is 0 Å². The fourth-order valence-electron chi connectivity index (χ4n) is 1.14. The first kappa shape index (κ1) is 10.7. The minimum atomic E-state index is 1.07. The molecule has 0 heterocycles. The van der Waals surface area contributed by atoms with Gasteiger partial charge in [-0.2, -0.15) is 0 Å². The van der Waals surface area contributed by atoms with Crippen LogP contribution in [0.25, 0.3) is 6.08 Å². The van der Waals surface area contributed by atoms with E-state index in [2.05, 4.69) is 15.9 Å². The Balaban J connectivity index is 3.32. The Morgan fingerprint density at radius 2 is 2.15 bits per heavy atom. The maximum atomic E-state index is 8.75. The van der Waals surface area contributed by atoms with E-state index in [9.17, 15) is 0 Å². The van der Waals surface area contributed by atoms with Crippen molar-refractivity contribution in [3.63, 3.8) is 0 Å². The third-order valence-electron chi connectivity index (χ3n) is 1.87. The molecule has 1 nitrogen and oxygen atoms in total. The van der Waals surface area contributed by atoms with Gasteiger partial charge in [-0.3, -0.25) is 0 Å². The third-order valence-corrected chi connectivity index (χ3v) is 3.52. The molecule has 0 bridgehead atoms. The second kappa shape index (κ2) is 4.72. The minimum Gasteiger partial charge on any atom is -0.516 e. The molecule has 0 saturated carbocycles. The van der Waals surface area contributed by atoms with Crippen molar-refractivity contribution in [2.75, 3.05) is 6.26 Å². The van der Waals surface area contributed by atoms with Gasteiger partial charge in [0.05, 0.1) is 6.26 Å². The summed E-state index contributed by atoms with van der Waals surface area (Å²) in [6.45, 7) is 2.03. The molecule has 0 aliphatic rings. The summed E-state index contributed by atoms with van der Waals surface area (Å²) in [4.78, 5) is 1.17. The molecular weight excluding hydrogens is 248 g/mol. The fraction of sp³-hybridized carbons (Fsp3) is 0.200. The average molecular weight is 259 g/mol. The minimum absolute atomic E-state index is 1.07. The van der Waals surface area contributed by atoms with Crippen LogP contribution in [0.2, 0.25) is 0 Å². The molecule has 1 aromatic rings. The predicted octanol–water partition coefficient (Wildman–Crippen LogP) is 4.01. The Kier molecular flexibility index (Phi) is 3.88. The molecule has 3 heteroatoms. The fourth-order valence-corrected chi connectivity index (χ4v) is 2.13. The lowest BCUT2D eigenvalue weighted by molar-refractivity contribution is 0.478. The van der Waals surface area contributed by atoms with Crippen LogP contribution in [-0.4, -0.2) is 11.4 Å². The quantitative estimate of drug-likeness (QED) is 0.639. The summed E-state index contributed by atoms with van der Waals surface area (Å²) in [5.74, 6) is 0. The molecule has 13 heavy (non-hydrogen) atoms. The van der Waals surface area contributed by atoms with Gasteiger partial charge in [0.15, 0.2) is 0 Å². The lowest BCUT2D eigenvalue weighted by atomic mass is 10.1. The van der Waals surface area contributed by atoms with Crippen LogP contribution in [0.5, 0.6) is 0 Å². The van der Waals surface area contributed by atoms with Gasteiger partial charge in [-0.15, -0.1) is 11.8 Å². The van der Waals surface area contributed by atoms with Crippen molar-refractivity contribution in [2.45, 2.75) is 11.8 Å². The zero-order chi connectivity index (χ0) is 9.84. The van der Waals surface area contributed by atoms with E-state index in [0.717, 1.165) is 21.9 Å². The van der Waals surface area contributed by atoms with Crippen molar-refractivity contribution >= 4 is 33.8 Å². The van der Waals surface area contributed by atoms with Gasteiger partial charge in [0.25, 0.3) is 0 Å². The molecular formula is C10H11BrOS. The Bertz CT molecular complexity index is 334. The Labute approximate surface area is 91.0 Å². The van der Waals surface area contributed by atoms with Crippen molar-refractivity contribution in [1.29, 1.82) is 0 Å². The number of benzene rings is 1. The molecule has 0 aliphatic carbocycles. The second-order valence-corrected chi connectivity index (χ2v) is 4.31. The van der Waals surface area contributed by atoms with Crippen LogP contribution in [-0.2, 0) is 0 Å². The van der Waals surface area contributed by atoms with Crippen LogP contribution in [0.3, 0.4) is 0 Å². The molecule has 0 aliphatic heterocycles. The molecule has 0 atom stereocenters. The van der Waals surface area contributed by atoms with E-state index in [-0.39, 0.29) is 0 Å². The van der Waals surface area contributed by atoms with E-state index in [1.807, 2.05) is 25.3 Å². The molecule has 1 N–H and O–H groups in total. The highest BCUT2D eigenvalue weighted by Gasteiger charge is 2.04. The number of aliphatic hydroxyl groups excluding tert-OH is 1. The smallest absolute Gasteiger partial charge is 0.0798 e. The summed E-state index contributed by atoms with van der Waals surface area (Å²) < 4.78 is 1.07. The van der Waals surface area contributed by atoms with Gasteiger partial charge in [-0.1, -0.05) is 15.9 Å². The third kappa shape index (κ3) is 2.29. The van der Waals surface area contributed by atoms with E-state index in [0.29, 0.717) is 0 Å². The van der Waals surface area contributed by atoms with Gasteiger partial charge in [-0.25, -0.2) is 0 Å². The molecule has 0 fully saturated rings. The number of thioether (sulfide) groups is 1. The number of hydrogen-bond acceptors (Lipinski definition) is 2. The van der Waals surface area contributed by atoms with Crippen LogP contribution in [0.1, 0.15) is 11.1 Å². The van der Waals surface area contributed by atoms with Crippen LogP contribution in [0.15, 0.2) is 27.8 Å². The summed E-state index contributed by atoms with van der Waals surface area (Å²) in [6, 6.07) is 4.06. The van der Waals surface area contributed by atoms with Crippen molar-refractivity contribution in [3.05, 3.63) is 34.0 Å². The van der Waals surface area contributed by atoms with E-state index >= 15 is 0 Å². The maximum absolute atomic E-state index is 8.75. The van der Waals surface area contributed by atoms with Gasteiger partial charge < -0.3 is 5.11 Å². The summed E-state index contributed by atoms with van der Waals surface area (Å²) in [5, 5.41) is 8.75. The molecule has 0 radical (unpaired) electrons. The summed E-state index contributed by atoms with van der Waals surface area (Å²) in [7, 11) is 0. The van der Waals surface area contributed by atoms with Crippen LogP contribution in [0.4, 0.5) is 0 Å². The summed E-state index contributed by atoms with van der Waals surface area (Å²) in [5.41, 5.74) is 2.22. The highest BCUT2D eigenvalue weighted by molar-refractivity contribution is 9.10. The van der Waals surface area contributed by atoms with E-state index in [1.54, 1.807) is 17.8 Å². The lowest BCUT2D eigenvalue weighted by Gasteiger charge is -2.07. The van der Waals surface area contributed by atoms with Crippen LogP contribution in [0, 0.1) is 6.92 Å². The topological polar surface area (TPSA) is 20.2 Å². The largest absolute Gasteiger partial charge is 0.516 e. The molecule has 1 rings (SSSR count). The van der Waals surface area contributed by atoms with Gasteiger partial charge in [0.2, 0.25) is 0 Å². The van der Waals surface area contributed by atoms with Gasteiger partial charge in [0.1, 0.15) is 0 Å². The predicted molar refractivity (Wildman–Crippen MR) is 62.3 cm³/mol. The van der Waals surface area contributed by atoms with Crippen LogP contribution < -0.4 is 0 Å². The number of rotatable bonds is 2. The van der Waals surface area contributed by atoms with Crippen molar-refractivity contribution < 1.29 is 5.11 Å². The Hall–Kier alpha value is -0.410. The van der Waals surface area contributed by atoms with E-state index in [4.69, 9.17) is 5.11 Å². The SMILES string of the molecule is CSc1ccc(Br)c(C)c1/C=C/O. The first-order valence-electron chi connectivity index (χ1n) is 3.84. The van der Waals surface area contributed by atoms with Crippen LogP contribution >= 0.6 is 27.7 Å². The first-order valence-corrected chi connectivity index (χ1v) is 5.86. The van der Waals surface area contributed by atoms with E-state index < -0.39 is 0 Å². The Morgan fingerprint density at radius 3 is 2.69 bits per heavy atom. The zero-order valence-electron chi connectivity index (χ0n) is 7.54. The first-order chi connectivity index (χ1) is 6.20. The number of halogens is 1. The lowest BCUT2D eigenvalue weighted by Crippen LogP contribution is -1.86.